The molecular weight excluding hydrogens is 390 g/mol. The molecule has 0 saturated heterocycles. The highest BCUT2D eigenvalue weighted by molar-refractivity contribution is 5.54. The molecule has 0 bridgehead atoms. The molecule has 0 radical (unpaired) electrons. The average Bonchev–Trinajstić information content (AvgIpc) is 3.21. The lowest BCUT2D eigenvalue weighted by molar-refractivity contribution is -0.402. The molecule has 0 amide bonds. The first-order chi connectivity index (χ1) is 14.4. The number of hydrogen-bond acceptors (Lipinski definition) is 8. The Balaban J connectivity index is 1.92. The summed E-state index contributed by atoms with van der Waals surface area (Å²) in [7, 11) is 0. The van der Waals surface area contributed by atoms with E-state index in [0.29, 0.717) is 5.69 Å². The monoisotopic (exact) mass is 405 g/mol. The van der Waals surface area contributed by atoms with Crippen LogP contribution < -0.4 is 16.0 Å². The predicted octanol–water partition coefficient (Wildman–Crippen LogP) is 2.32. The van der Waals surface area contributed by atoms with Gasteiger partial charge in [0, 0.05) is 24.2 Å². The number of aryl methyl sites for hydroxylation is 1. The van der Waals surface area contributed by atoms with Crippen LogP contribution in [0.15, 0.2) is 63.4 Å². The molecule has 1 unspecified atom stereocenters. The molecule has 3 aromatic rings. The van der Waals surface area contributed by atoms with Crippen molar-refractivity contribution >= 4 is 5.88 Å². The van der Waals surface area contributed by atoms with E-state index in [9.17, 15) is 20.2 Å². The second-order valence-electron chi connectivity index (χ2n) is 6.67. The zero-order chi connectivity index (χ0) is 21.4. The third kappa shape index (κ3) is 3.08. The molecule has 0 aliphatic carbocycles. The Hall–Kier alpha value is -4.39. The number of ether oxygens (including phenoxy) is 1. The van der Waals surface area contributed by atoms with Gasteiger partial charge < -0.3 is 19.5 Å². The van der Waals surface area contributed by atoms with Gasteiger partial charge in [-0.3, -0.25) is 19.9 Å². The molecule has 0 saturated carbocycles. The molecule has 10 heteroatoms. The Bertz CT molecular complexity index is 1280. The van der Waals surface area contributed by atoms with Gasteiger partial charge in [-0.25, -0.2) is 0 Å². The van der Waals surface area contributed by atoms with Crippen molar-refractivity contribution in [3.8, 4) is 11.8 Å². The summed E-state index contributed by atoms with van der Waals surface area (Å²) in [6.45, 7) is 1.99. The van der Waals surface area contributed by atoms with Gasteiger partial charge in [-0.1, -0.05) is 6.07 Å². The fourth-order valence-electron chi connectivity index (χ4n) is 3.44. The largest absolute Gasteiger partial charge is 0.440 e. The third-order valence-electron chi connectivity index (χ3n) is 4.83. The molecule has 0 spiro atoms. The zero-order valence-electron chi connectivity index (χ0n) is 15.7. The van der Waals surface area contributed by atoms with E-state index in [2.05, 4.69) is 4.98 Å². The molecule has 30 heavy (non-hydrogen) atoms. The predicted molar refractivity (Wildman–Crippen MR) is 103 cm³/mol. The van der Waals surface area contributed by atoms with Gasteiger partial charge in [0.1, 0.15) is 28.1 Å². The lowest BCUT2D eigenvalue weighted by atomic mass is 9.88. The number of pyridine rings is 2. The van der Waals surface area contributed by atoms with E-state index in [4.69, 9.17) is 14.9 Å². The number of nitriles is 1. The molecule has 4 heterocycles. The average molecular weight is 405 g/mol. The highest BCUT2D eigenvalue weighted by Gasteiger charge is 2.37. The first-order valence-corrected chi connectivity index (χ1v) is 8.85. The van der Waals surface area contributed by atoms with Crippen molar-refractivity contribution in [1.29, 1.82) is 5.26 Å². The number of nitrogens with zero attached hydrogens (tertiary/aromatic N) is 4. The van der Waals surface area contributed by atoms with Crippen molar-refractivity contribution in [2.75, 3.05) is 0 Å². The number of nitrogens with two attached hydrogens (primary N) is 1. The Morgan fingerprint density at radius 3 is 2.83 bits per heavy atom. The smallest absolute Gasteiger partial charge is 0.433 e. The first kappa shape index (κ1) is 18.9. The van der Waals surface area contributed by atoms with Gasteiger partial charge in [-0.2, -0.15) is 5.26 Å². The number of fused-ring (bicyclic) bond motifs is 1. The molecule has 0 fully saturated rings. The lowest BCUT2D eigenvalue weighted by Crippen LogP contribution is -2.32. The third-order valence-corrected chi connectivity index (χ3v) is 4.83. The summed E-state index contributed by atoms with van der Waals surface area (Å²) >= 11 is 0. The van der Waals surface area contributed by atoms with Crippen LogP contribution in [0.1, 0.15) is 28.5 Å². The quantitative estimate of drug-likeness (QED) is 0.513. The maximum absolute atomic E-state index is 13.4. The number of aromatic nitrogens is 2. The van der Waals surface area contributed by atoms with Crippen molar-refractivity contribution in [3.05, 3.63) is 97.2 Å². The van der Waals surface area contributed by atoms with E-state index in [0.717, 1.165) is 11.6 Å². The van der Waals surface area contributed by atoms with Gasteiger partial charge in [0.25, 0.3) is 5.56 Å². The van der Waals surface area contributed by atoms with Gasteiger partial charge in [0.2, 0.25) is 5.88 Å². The Labute approximate surface area is 169 Å². The van der Waals surface area contributed by atoms with E-state index < -0.39 is 22.3 Å². The van der Waals surface area contributed by atoms with Gasteiger partial charge in [0.15, 0.2) is 0 Å². The molecule has 3 aromatic heterocycles. The summed E-state index contributed by atoms with van der Waals surface area (Å²) < 4.78 is 12.4. The maximum Gasteiger partial charge on any atom is 0.433 e. The van der Waals surface area contributed by atoms with Crippen molar-refractivity contribution in [1.82, 2.24) is 9.55 Å². The number of nitro groups is 1. The zero-order valence-corrected chi connectivity index (χ0v) is 15.7. The minimum absolute atomic E-state index is 0.0550. The summed E-state index contributed by atoms with van der Waals surface area (Å²) in [4.78, 5) is 27.8. The van der Waals surface area contributed by atoms with Crippen LogP contribution >= 0.6 is 0 Å². The van der Waals surface area contributed by atoms with Gasteiger partial charge in [0.05, 0.1) is 24.1 Å². The minimum Gasteiger partial charge on any atom is -0.440 e. The van der Waals surface area contributed by atoms with Crippen LogP contribution in [0.3, 0.4) is 0 Å². The topological polar surface area (TPSA) is 150 Å². The van der Waals surface area contributed by atoms with Crippen molar-refractivity contribution in [2.45, 2.75) is 19.4 Å². The van der Waals surface area contributed by atoms with Crippen LogP contribution in [0.25, 0.3) is 0 Å². The molecule has 10 nitrogen and oxygen atoms in total. The number of allylic oxidation sites excluding steroid dienone is 1. The molecule has 0 aromatic carbocycles. The van der Waals surface area contributed by atoms with Gasteiger partial charge in [-0.05, 0) is 24.6 Å². The normalized spacial score (nSPS) is 15.3. The molecule has 150 valence electrons. The van der Waals surface area contributed by atoms with Gasteiger partial charge >= 0.3 is 5.88 Å². The van der Waals surface area contributed by atoms with Crippen LogP contribution in [-0.4, -0.2) is 14.5 Å². The maximum atomic E-state index is 13.4. The number of hydrogen-bond donors (Lipinski definition) is 1. The number of rotatable bonds is 4. The van der Waals surface area contributed by atoms with Crippen LogP contribution in [0.5, 0.6) is 5.75 Å². The standard InChI is InChI=1S/C20H15N5O5/c1-11-7-15-18(20(26)24(11)10-12-3-2-6-23-9-12)17(13(8-21)19(22)30-15)14-4-5-16(29-14)25(27)28/h2-7,9,17H,10,22H2,1H3. The summed E-state index contributed by atoms with van der Waals surface area (Å²) in [5, 5.41) is 20.7. The van der Waals surface area contributed by atoms with E-state index in [1.54, 1.807) is 31.5 Å². The van der Waals surface area contributed by atoms with Gasteiger partial charge in [-0.15, -0.1) is 0 Å². The molecular formula is C20H15N5O5. The molecule has 4 rings (SSSR count). The molecule has 1 atom stereocenters. The lowest BCUT2D eigenvalue weighted by Gasteiger charge is -2.25. The SMILES string of the molecule is Cc1cc2c(c(=O)n1Cc1cccnc1)C(c1ccc([N+](=O)[O-])o1)C(C#N)=C(N)O2. The molecule has 1 aliphatic rings. The Kier molecular flexibility index (Phi) is 4.56. The van der Waals surface area contributed by atoms with E-state index in [-0.39, 0.29) is 35.1 Å². The van der Waals surface area contributed by atoms with E-state index >= 15 is 0 Å². The highest BCUT2D eigenvalue weighted by atomic mass is 16.6. The second-order valence-corrected chi connectivity index (χ2v) is 6.67. The van der Waals surface area contributed by atoms with E-state index in [1.165, 1.54) is 10.6 Å². The van der Waals surface area contributed by atoms with Crippen LogP contribution in [0, 0.1) is 28.4 Å². The first-order valence-electron chi connectivity index (χ1n) is 8.85. The minimum atomic E-state index is -1.03. The second kappa shape index (κ2) is 7.21. The fourth-order valence-corrected chi connectivity index (χ4v) is 3.44. The van der Waals surface area contributed by atoms with E-state index in [1.807, 2.05) is 12.1 Å². The summed E-state index contributed by atoms with van der Waals surface area (Å²) in [6.07, 6.45) is 3.28. The number of furan rings is 1. The van der Waals surface area contributed by atoms with Crippen LogP contribution in [0.4, 0.5) is 5.88 Å². The Morgan fingerprint density at radius 1 is 1.40 bits per heavy atom. The van der Waals surface area contributed by atoms with Crippen molar-refractivity contribution in [2.24, 2.45) is 5.73 Å². The Morgan fingerprint density at radius 2 is 2.20 bits per heavy atom. The highest BCUT2D eigenvalue weighted by Crippen LogP contribution is 2.41. The van der Waals surface area contributed by atoms with Crippen LogP contribution in [-0.2, 0) is 6.54 Å². The molecule has 2 N–H and O–H groups in total. The fraction of sp³-hybridized carbons (Fsp3) is 0.150. The summed E-state index contributed by atoms with van der Waals surface area (Å²) in [5.41, 5.74) is 6.97. The summed E-state index contributed by atoms with van der Waals surface area (Å²) in [6, 6.07) is 9.69. The summed E-state index contributed by atoms with van der Waals surface area (Å²) in [5.74, 6) is -1.48. The van der Waals surface area contributed by atoms with Crippen molar-refractivity contribution in [3.63, 3.8) is 0 Å². The van der Waals surface area contributed by atoms with Crippen molar-refractivity contribution < 1.29 is 14.1 Å². The van der Waals surface area contributed by atoms with Crippen LogP contribution in [0.2, 0.25) is 0 Å². The molecule has 1 aliphatic heterocycles.